The quantitative estimate of drug-likeness (QED) is 0.487. The molecule has 0 fully saturated rings. The Morgan fingerprint density at radius 3 is 2.88 bits per heavy atom. The Bertz CT molecular complexity index is 476. The molecular formula is C11H11BrN2O3. The van der Waals surface area contributed by atoms with E-state index in [1.807, 2.05) is 0 Å². The van der Waals surface area contributed by atoms with E-state index in [0.717, 1.165) is 23.0 Å². The van der Waals surface area contributed by atoms with Gasteiger partial charge in [0.1, 0.15) is 0 Å². The fourth-order valence-corrected chi connectivity index (χ4v) is 2.20. The lowest BCUT2D eigenvalue weighted by atomic mass is 10.1. The Morgan fingerprint density at radius 1 is 1.47 bits per heavy atom. The number of hydrogen-bond donors (Lipinski definition) is 0. The summed E-state index contributed by atoms with van der Waals surface area (Å²) in [5, 5.41) is 11.5. The average molecular weight is 299 g/mol. The number of nitro groups is 1. The SMILES string of the molecule is O=C1Cc2cc([N+](=O)[O-])ccc2N1CCCBr. The third kappa shape index (κ3) is 2.31. The lowest BCUT2D eigenvalue weighted by Gasteiger charge is -2.16. The third-order valence-electron chi connectivity index (χ3n) is 2.72. The van der Waals surface area contributed by atoms with E-state index in [4.69, 9.17) is 0 Å². The van der Waals surface area contributed by atoms with Gasteiger partial charge in [0.25, 0.3) is 5.69 Å². The summed E-state index contributed by atoms with van der Waals surface area (Å²) in [5.41, 5.74) is 1.60. The van der Waals surface area contributed by atoms with Crippen LogP contribution in [0.2, 0.25) is 0 Å². The van der Waals surface area contributed by atoms with Gasteiger partial charge in [0.15, 0.2) is 0 Å². The van der Waals surface area contributed by atoms with E-state index in [-0.39, 0.29) is 18.0 Å². The van der Waals surface area contributed by atoms with Crippen LogP contribution in [0, 0.1) is 10.1 Å². The molecule has 0 bridgehead atoms. The second-order valence-corrected chi connectivity index (χ2v) is 4.63. The molecule has 1 heterocycles. The second-order valence-electron chi connectivity index (χ2n) is 3.83. The summed E-state index contributed by atoms with van der Waals surface area (Å²) in [6.45, 7) is 0.648. The molecule has 5 nitrogen and oxygen atoms in total. The van der Waals surface area contributed by atoms with Crippen LogP contribution in [0.15, 0.2) is 18.2 Å². The highest BCUT2D eigenvalue weighted by atomic mass is 79.9. The maximum atomic E-state index is 11.8. The molecule has 0 saturated carbocycles. The Balaban J connectivity index is 2.28. The molecule has 17 heavy (non-hydrogen) atoms. The van der Waals surface area contributed by atoms with Crippen molar-refractivity contribution in [2.75, 3.05) is 16.8 Å². The molecule has 1 aliphatic heterocycles. The number of fused-ring (bicyclic) bond motifs is 1. The first-order valence-electron chi connectivity index (χ1n) is 5.27. The van der Waals surface area contributed by atoms with E-state index in [0.29, 0.717) is 6.54 Å². The molecule has 0 spiro atoms. The average Bonchev–Trinajstić information content (AvgIpc) is 2.61. The summed E-state index contributed by atoms with van der Waals surface area (Å²) in [7, 11) is 0. The molecule has 90 valence electrons. The smallest absolute Gasteiger partial charge is 0.269 e. The second kappa shape index (κ2) is 4.83. The number of nitro benzene ring substituents is 1. The summed E-state index contributed by atoms with van der Waals surface area (Å²) in [6, 6.07) is 4.59. The zero-order chi connectivity index (χ0) is 12.4. The predicted molar refractivity (Wildman–Crippen MR) is 67.6 cm³/mol. The van der Waals surface area contributed by atoms with Crippen LogP contribution in [0.4, 0.5) is 11.4 Å². The Labute approximate surface area is 107 Å². The fourth-order valence-electron chi connectivity index (χ4n) is 1.95. The van der Waals surface area contributed by atoms with E-state index in [9.17, 15) is 14.9 Å². The van der Waals surface area contributed by atoms with Crippen molar-refractivity contribution in [2.45, 2.75) is 12.8 Å². The number of alkyl halides is 1. The van der Waals surface area contributed by atoms with Crippen molar-refractivity contribution in [1.82, 2.24) is 0 Å². The molecule has 0 aromatic heterocycles. The van der Waals surface area contributed by atoms with Crippen LogP contribution in [0.5, 0.6) is 0 Å². The lowest BCUT2D eigenvalue weighted by molar-refractivity contribution is -0.384. The van der Waals surface area contributed by atoms with E-state index < -0.39 is 4.92 Å². The molecule has 0 radical (unpaired) electrons. The van der Waals surface area contributed by atoms with Crippen LogP contribution in [-0.2, 0) is 11.2 Å². The van der Waals surface area contributed by atoms with Gasteiger partial charge in [-0.2, -0.15) is 0 Å². The molecule has 1 amide bonds. The number of nitrogens with zero attached hydrogens (tertiary/aromatic N) is 2. The number of carbonyl (C=O) groups is 1. The van der Waals surface area contributed by atoms with Gasteiger partial charge in [-0.25, -0.2) is 0 Å². The number of non-ortho nitro benzene ring substituents is 1. The van der Waals surface area contributed by atoms with Crippen LogP contribution in [-0.4, -0.2) is 22.7 Å². The summed E-state index contributed by atoms with van der Waals surface area (Å²) in [4.78, 5) is 23.7. The van der Waals surface area contributed by atoms with Crippen LogP contribution >= 0.6 is 15.9 Å². The highest BCUT2D eigenvalue weighted by Crippen LogP contribution is 2.31. The first kappa shape index (κ1) is 12.0. The van der Waals surface area contributed by atoms with Gasteiger partial charge >= 0.3 is 0 Å². The first-order chi connectivity index (χ1) is 8.13. The van der Waals surface area contributed by atoms with Gasteiger partial charge in [0.2, 0.25) is 5.91 Å². The standard InChI is InChI=1S/C11H11BrN2O3/c12-4-1-5-13-10-3-2-9(14(16)17)6-8(10)7-11(13)15/h2-3,6H,1,4-5,7H2. The van der Waals surface area contributed by atoms with E-state index in [2.05, 4.69) is 15.9 Å². The van der Waals surface area contributed by atoms with E-state index >= 15 is 0 Å². The molecule has 0 N–H and O–H groups in total. The van der Waals surface area contributed by atoms with Gasteiger partial charge in [0.05, 0.1) is 11.3 Å². The van der Waals surface area contributed by atoms with Gasteiger partial charge in [0, 0.05) is 29.7 Å². The Kier molecular flexibility index (Phi) is 3.42. The van der Waals surface area contributed by atoms with Crippen molar-refractivity contribution in [3.05, 3.63) is 33.9 Å². The van der Waals surface area contributed by atoms with Crippen molar-refractivity contribution >= 4 is 33.2 Å². The van der Waals surface area contributed by atoms with Gasteiger partial charge in [-0.3, -0.25) is 14.9 Å². The maximum absolute atomic E-state index is 11.8. The van der Waals surface area contributed by atoms with Crippen LogP contribution < -0.4 is 4.90 Å². The van der Waals surface area contributed by atoms with Crippen LogP contribution in [0.1, 0.15) is 12.0 Å². The monoisotopic (exact) mass is 298 g/mol. The number of carbonyl (C=O) groups excluding carboxylic acids is 1. The fraction of sp³-hybridized carbons (Fsp3) is 0.364. The van der Waals surface area contributed by atoms with Gasteiger partial charge in [-0.1, -0.05) is 15.9 Å². The molecule has 6 heteroatoms. The molecule has 0 saturated heterocycles. The topological polar surface area (TPSA) is 63.4 Å². The van der Waals surface area contributed by atoms with Gasteiger partial charge < -0.3 is 4.90 Å². The molecule has 0 atom stereocenters. The minimum atomic E-state index is -0.439. The number of benzene rings is 1. The lowest BCUT2D eigenvalue weighted by Crippen LogP contribution is -2.27. The van der Waals surface area contributed by atoms with Gasteiger partial charge in [-0.05, 0) is 18.1 Å². The van der Waals surface area contributed by atoms with Crippen molar-refractivity contribution in [3.8, 4) is 0 Å². The van der Waals surface area contributed by atoms with Crippen molar-refractivity contribution in [2.24, 2.45) is 0 Å². The largest absolute Gasteiger partial charge is 0.312 e. The predicted octanol–water partition coefficient (Wildman–Crippen LogP) is 2.27. The molecule has 0 unspecified atom stereocenters. The number of amides is 1. The minimum Gasteiger partial charge on any atom is -0.312 e. The number of anilines is 1. The van der Waals surface area contributed by atoms with Gasteiger partial charge in [-0.15, -0.1) is 0 Å². The summed E-state index contributed by atoms with van der Waals surface area (Å²) < 4.78 is 0. The summed E-state index contributed by atoms with van der Waals surface area (Å²) in [6.07, 6.45) is 1.13. The summed E-state index contributed by atoms with van der Waals surface area (Å²) in [5.74, 6) is 0.0152. The third-order valence-corrected chi connectivity index (χ3v) is 3.28. The molecule has 0 aliphatic carbocycles. The van der Waals surface area contributed by atoms with Crippen molar-refractivity contribution < 1.29 is 9.72 Å². The van der Waals surface area contributed by atoms with Crippen LogP contribution in [0.25, 0.3) is 0 Å². The molecule has 1 aromatic carbocycles. The number of halogens is 1. The minimum absolute atomic E-state index is 0.0152. The Morgan fingerprint density at radius 2 is 2.24 bits per heavy atom. The highest BCUT2D eigenvalue weighted by Gasteiger charge is 2.28. The zero-order valence-corrected chi connectivity index (χ0v) is 10.6. The van der Waals surface area contributed by atoms with Crippen molar-refractivity contribution in [1.29, 1.82) is 0 Å². The van der Waals surface area contributed by atoms with Crippen LogP contribution in [0.3, 0.4) is 0 Å². The molecule has 2 rings (SSSR count). The number of rotatable bonds is 4. The Hall–Kier alpha value is -1.43. The highest BCUT2D eigenvalue weighted by molar-refractivity contribution is 9.09. The molecule has 1 aliphatic rings. The van der Waals surface area contributed by atoms with Crippen molar-refractivity contribution in [3.63, 3.8) is 0 Å². The zero-order valence-electron chi connectivity index (χ0n) is 9.06. The van der Waals surface area contributed by atoms with E-state index in [1.54, 1.807) is 11.0 Å². The number of hydrogen-bond acceptors (Lipinski definition) is 3. The molecular weight excluding hydrogens is 288 g/mol. The maximum Gasteiger partial charge on any atom is 0.269 e. The summed E-state index contributed by atoms with van der Waals surface area (Å²) >= 11 is 3.32. The molecule has 1 aromatic rings. The normalized spacial score (nSPS) is 13.9. The van der Waals surface area contributed by atoms with E-state index in [1.165, 1.54) is 12.1 Å². The first-order valence-corrected chi connectivity index (χ1v) is 6.39.